The van der Waals surface area contributed by atoms with Gasteiger partial charge in [-0.05, 0) is 98.9 Å². The first kappa shape index (κ1) is 22.6. The van der Waals surface area contributed by atoms with E-state index in [-0.39, 0.29) is 5.96 Å². The number of pyridine rings is 1. The highest BCUT2D eigenvalue weighted by Crippen LogP contribution is 2.33. The zero-order valence-electron chi connectivity index (χ0n) is 19.3. The number of anilines is 2. The summed E-state index contributed by atoms with van der Waals surface area (Å²) in [5, 5.41) is 3.12. The van der Waals surface area contributed by atoms with Crippen LogP contribution in [0.4, 0.5) is 17.1 Å². The van der Waals surface area contributed by atoms with E-state index in [0.29, 0.717) is 18.0 Å². The molecule has 2 aromatic carbocycles. The average Bonchev–Trinajstić information content (AvgIpc) is 3.31. The maximum absolute atomic E-state index is 6.30. The Balaban J connectivity index is 1.39. The third kappa shape index (κ3) is 5.81. The first-order valence-corrected chi connectivity index (χ1v) is 11.4. The second-order valence-electron chi connectivity index (χ2n) is 8.46. The molecule has 0 amide bonds. The molecule has 7 nitrogen and oxygen atoms in total. The summed E-state index contributed by atoms with van der Waals surface area (Å²) in [6.07, 6.45) is 6.23. The lowest BCUT2D eigenvalue weighted by molar-refractivity contribution is 0.238. The Bertz CT molecular complexity index is 1120. The lowest BCUT2D eigenvalue weighted by atomic mass is 9.97. The van der Waals surface area contributed by atoms with Crippen LogP contribution in [0.25, 0.3) is 11.1 Å². The standard InChI is InChI=1S/C26H32N6O/c1-18-9-10-29-17-23(18)22-16-24(27)25(15-19(22)2)31-26(28)30-20-5-7-21(8-6-20)33-14-13-32-11-3-4-12-32/h5-10,15-17H,3-4,11-14,27H2,1-2H3,(H3,28,30,31). The quantitative estimate of drug-likeness (QED) is 0.282. The molecule has 0 aliphatic carbocycles. The molecule has 1 aliphatic heterocycles. The normalized spacial score (nSPS) is 14.4. The highest BCUT2D eigenvalue weighted by atomic mass is 16.5. The summed E-state index contributed by atoms with van der Waals surface area (Å²) in [7, 11) is 0. The Labute approximate surface area is 195 Å². The first-order chi connectivity index (χ1) is 16.0. The van der Waals surface area contributed by atoms with E-state index < -0.39 is 0 Å². The van der Waals surface area contributed by atoms with Crippen molar-refractivity contribution in [2.75, 3.05) is 37.3 Å². The van der Waals surface area contributed by atoms with Crippen molar-refractivity contribution in [3.63, 3.8) is 0 Å². The van der Waals surface area contributed by atoms with Gasteiger partial charge in [-0.15, -0.1) is 0 Å². The zero-order chi connectivity index (χ0) is 23.2. The average molecular weight is 445 g/mol. The molecule has 1 aromatic heterocycles. The van der Waals surface area contributed by atoms with Crippen molar-refractivity contribution in [1.29, 1.82) is 0 Å². The molecule has 0 atom stereocenters. The van der Waals surface area contributed by atoms with E-state index in [1.807, 2.05) is 55.6 Å². The molecule has 1 aliphatic rings. The fourth-order valence-electron chi connectivity index (χ4n) is 4.08. The van der Waals surface area contributed by atoms with Crippen LogP contribution in [0.2, 0.25) is 0 Å². The van der Waals surface area contributed by atoms with Gasteiger partial charge in [0.2, 0.25) is 0 Å². The van der Waals surface area contributed by atoms with Gasteiger partial charge in [-0.25, -0.2) is 4.99 Å². The largest absolute Gasteiger partial charge is 0.492 e. The summed E-state index contributed by atoms with van der Waals surface area (Å²) in [5.74, 6) is 1.12. The molecule has 3 aromatic rings. The summed E-state index contributed by atoms with van der Waals surface area (Å²) in [6.45, 7) is 8.13. The molecule has 0 bridgehead atoms. The molecule has 1 saturated heterocycles. The van der Waals surface area contributed by atoms with Crippen molar-refractivity contribution in [2.24, 2.45) is 10.7 Å². The van der Waals surface area contributed by atoms with E-state index in [1.54, 1.807) is 6.20 Å². The summed E-state index contributed by atoms with van der Waals surface area (Å²) in [5.41, 5.74) is 18.8. The molecule has 0 radical (unpaired) electrons. The maximum Gasteiger partial charge on any atom is 0.198 e. The molecule has 4 rings (SSSR count). The van der Waals surface area contributed by atoms with Crippen LogP contribution in [0.5, 0.6) is 5.75 Å². The number of aryl methyl sites for hydroxylation is 2. The highest BCUT2D eigenvalue weighted by Gasteiger charge is 2.11. The van der Waals surface area contributed by atoms with Crippen LogP contribution in [0.3, 0.4) is 0 Å². The number of hydrogen-bond acceptors (Lipinski definition) is 5. The van der Waals surface area contributed by atoms with E-state index in [0.717, 1.165) is 40.2 Å². The number of rotatable bonds is 7. The minimum absolute atomic E-state index is 0.272. The van der Waals surface area contributed by atoms with Crippen LogP contribution in [0.1, 0.15) is 24.0 Å². The summed E-state index contributed by atoms with van der Waals surface area (Å²) >= 11 is 0. The number of benzene rings is 2. The molecule has 2 heterocycles. The van der Waals surface area contributed by atoms with Gasteiger partial charge in [0.15, 0.2) is 5.96 Å². The van der Waals surface area contributed by atoms with Gasteiger partial charge in [-0.3, -0.25) is 9.88 Å². The van der Waals surface area contributed by atoms with Crippen molar-refractivity contribution in [3.8, 4) is 16.9 Å². The number of nitrogens with two attached hydrogens (primary N) is 2. The molecule has 172 valence electrons. The number of ether oxygens (including phenoxy) is 1. The second kappa shape index (κ2) is 10.4. The van der Waals surface area contributed by atoms with Gasteiger partial charge in [0.25, 0.3) is 0 Å². The number of nitrogens with zero attached hydrogens (tertiary/aromatic N) is 3. The number of nitrogen functional groups attached to an aromatic ring is 1. The monoisotopic (exact) mass is 444 g/mol. The van der Waals surface area contributed by atoms with Gasteiger partial charge in [0.1, 0.15) is 12.4 Å². The molecule has 0 saturated carbocycles. The van der Waals surface area contributed by atoms with E-state index in [2.05, 4.69) is 27.1 Å². The van der Waals surface area contributed by atoms with Crippen molar-refractivity contribution in [2.45, 2.75) is 26.7 Å². The number of aliphatic imine (C=N–C) groups is 1. The fourth-order valence-corrected chi connectivity index (χ4v) is 4.08. The molecule has 0 spiro atoms. The van der Waals surface area contributed by atoms with Crippen LogP contribution in [-0.4, -0.2) is 42.1 Å². The van der Waals surface area contributed by atoms with Crippen LogP contribution >= 0.6 is 0 Å². The second-order valence-corrected chi connectivity index (χ2v) is 8.46. The molecular formula is C26H32N6O. The van der Waals surface area contributed by atoms with Crippen LogP contribution in [-0.2, 0) is 0 Å². The van der Waals surface area contributed by atoms with E-state index in [1.165, 1.54) is 25.9 Å². The van der Waals surface area contributed by atoms with Crippen molar-refractivity contribution >= 4 is 23.0 Å². The molecule has 5 N–H and O–H groups in total. The van der Waals surface area contributed by atoms with Gasteiger partial charge < -0.3 is 21.5 Å². The van der Waals surface area contributed by atoms with Crippen molar-refractivity contribution in [3.05, 3.63) is 66.0 Å². The highest BCUT2D eigenvalue weighted by molar-refractivity contribution is 5.95. The van der Waals surface area contributed by atoms with Gasteiger partial charge >= 0.3 is 0 Å². The van der Waals surface area contributed by atoms with Crippen LogP contribution in [0, 0.1) is 13.8 Å². The zero-order valence-corrected chi connectivity index (χ0v) is 19.3. The Hall–Kier alpha value is -3.58. The number of guanidine groups is 1. The molecule has 33 heavy (non-hydrogen) atoms. The van der Waals surface area contributed by atoms with Gasteiger partial charge in [-0.2, -0.15) is 0 Å². The van der Waals surface area contributed by atoms with E-state index in [4.69, 9.17) is 16.2 Å². The smallest absolute Gasteiger partial charge is 0.198 e. The lowest BCUT2D eigenvalue weighted by Gasteiger charge is -2.15. The minimum Gasteiger partial charge on any atom is -0.492 e. The Morgan fingerprint density at radius 3 is 2.55 bits per heavy atom. The summed E-state index contributed by atoms with van der Waals surface area (Å²) in [4.78, 5) is 11.2. The number of aromatic nitrogens is 1. The van der Waals surface area contributed by atoms with Crippen LogP contribution in [0.15, 0.2) is 59.9 Å². The SMILES string of the molecule is Cc1ccncc1-c1cc(N)c(N=C(N)Nc2ccc(OCCN3CCCC3)cc2)cc1C. The van der Waals surface area contributed by atoms with Crippen molar-refractivity contribution < 1.29 is 4.74 Å². The minimum atomic E-state index is 0.272. The Morgan fingerprint density at radius 2 is 1.82 bits per heavy atom. The van der Waals surface area contributed by atoms with Crippen molar-refractivity contribution in [1.82, 2.24) is 9.88 Å². The Morgan fingerprint density at radius 1 is 1.06 bits per heavy atom. The maximum atomic E-state index is 6.30. The van der Waals surface area contributed by atoms with E-state index in [9.17, 15) is 0 Å². The Kier molecular flexibility index (Phi) is 7.10. The van der Waals surface area contributed by atoms with Gasteiger partial charge in [0, 0.05) is 30.2 Å². The van der Waals surface area contributed by atoms with E-state index >= 15 is 0 Å². The summed E-state index contributed by atoms with van der Waals surface area (Å²) in [6, 6.07) is 13.6. The third-order valence-electron chi connectivity index (χ3n) is 5.95. The first-order valence-electron chi connectivity index (χ1n) is 11.4. The molecule has 1 fully saturated rings. The molecule has 7 heteroatoms. The number of hydrogen-bond donors (Lipinski definition) is 3. The van der Waals surface area contributed by atoms with Crippen LogP contribution < -0.4 is 21.5 Å². The van der Waals surface area contributed by atoms with Gasteiger partial charge in [0.05, 0.1) is 11.4 Å². The lowest BCUT2D eigenvalue weighted by Crippen LogP contribution is -2.25. The predicted octanol–water partition coefficient (Wildman–Crippen LogP) is 4.48. The summed E-state index contributed by atoms with van der Waals surface area (Å²) < 4.78 is 5.86. The topological polar surface area (TPSA) is 102 Å². The fraction of sp³-hybridized carbons (Fsp3) is 0.308. The molecular weight excluding hydrogens is 412 g/mol. The predicted molar refractivity (Wildman–Crippen MR) is 136 cm³/mol. The number of likely N-dealkylation sites (tertiary alicyclic amines) is 1. The third-order valence-corrected chi connectivity index (χ3v) is 5.95. The number of nitrogens with one attached hydrogen (secondary N) is 1. The molecule has 0 unspecified atom stereocenters. The van der Waals surface area contributed by atoms with Gasteiger partial charge in [-0.1, -0.05) is 0 Å².